The van der Waals surface area contributed by atoms with Crippen molar-refractivity contribution in [2.75, 3.05) is 5.32 Å². The van der Waals surface area contributed by atoms with Crippen LogP contribution < -0.4 is 5.32 Å². The molecule has 26 heavy (non-hydrogen) atoms. The lowest BCUT2D eigenvalue weighted by molar-refractivity contribution is -0.384. The van der Waals surface area contributed by atoms with Gasteiger partial charge >= 0.3 is 5.69 Å². The lowest BCUT2D eigenvalue weighted by Gasteiger charge is -2.02. The number of amides is 1. The van der Waals surface area contributed by atoms with Crippen LogP contribution in [0, 0.1) is 10.1 Å². The van der Waals surface area contributed by atoms with E-state index >= 15 is 0 Å². The SMILES string of the molecule is O=C(/C=C/c1ccc(-c2ccccc2Cl)s1)Nc1ccncc1[N+](=O)[O-]. The molecule has 0 aliphatic rings. The van der Waals surface area contributed by atoms with E-state index in [4.69, 9.17) is 11.6 Å². The maximum atomic E-state index is 12.0. The molecule has 0 spiro atoms. The average molecular weight is 386 g/mol. The van der Waals surface area contributed by atoms with Gasteiger partial charge < -0.3 is 5.32 Å². The van der Waals surface area contributed by atoms with Crippen LogP contribution in [0.3, 0.4) is 0 Å². The number of thiophene rings is 1. The van der Waals surface area contributed by atoms with Gasteiger partial charge in [0.1, 0.15) is 11.9 Å². The number of hydrogen-bond acceptors (Lipinski definition) is 5. The number of benzene rings is 1. The summed E-state index contributed by atoms with van der Waals surface area (Å²) in [6.07, 6.45) is 5.44. The number of nitrogens with one attached hydrogen (secondary N) is 1. The summed E-state index contributed by atoms with van der Waals surface area (Å²) in [6, 6.07) is 12.7. The Morgan fingerprint density at radius 3 is 2.81 bits per heavy atom. The Morgan fingerprint density at radius 1 is 1.23 bits per heavy atom. The van der Waals surface area contributed by atoms with Crippen LogP contribution in [0.15, 0.2) is 60.9 Å². The molecule has 0 fully saturated rings. The van der Waals surface area contributed by atoms with Gasteiger partial charge in [-0.15, -0.1) is 11.3 Å². The fourth-order valence-corrected chi connectivity index (χ4v) is 3.46. The van der Waals surface area contributed by atoms with E-state index in [9.17, 15) is 14.9 Å². The van der Waals surface area contributed by atoms with Crippen molar-refractivity contribution in [3.8, 4) is 10.4 Å². The zero-order valence-electron chi connectivity index (χ0n) is 13.3. The molecule has 0 bridgehead atoms. The molecule has 0 saturated heterocycles. The average Bonchev–Trinajstić information content (AvgIpc) is 3.09. The molecule has 2 heterocycles. The van der Waals surface area contributed by atoms with Crippen molar-refractivity contribution < 1.29 is 9.72 Å². The Bertz CT molecular complexity index is 1000. The van der Waals surface area contributed by atoms with Crippen molar-refractivity contribution in [2.24, 2.45) is 0 Å². The molecular weight excluding hydrogens is 374 g/mol. The van der Waals surface area contributed by atoms with Crippen LogP contribution in [0.25, 0.3) is 16.5 Å². The Kier molecular flexibility index (Phi) is 5.40. The molecule has 1 N–H and O–H groups in total. The van der Waals surface area contributed by atoms with Crippen LogP contribution in [0.2, 0.25) is 5.02 Å². The molecule has 0 saturated carbocycles. The smallest absolute Gasteiger partial charge is 0.310 e. The highest BCUT2D eigenvalue weighted by Crippen LogP contribution is 2.33. The molecule has 0 unspecified atom stereocenters. The molecule has 3 rings (SSSR count). The molecule has 6 nitrogen and oxygen atoms in total. The first-order valence-electron chi connectivity index (χ1n) is 7.47. The van der Waals surface area contributed by atoms with Crippen molar-refractivity contribution in [1.29, 1.82) is 0 Å². The summed E-state index contributed by atoms with van der Waals surface area (Å²) in [5.41, 5.74) is 0.768. The summed E-state index contributed by atoms with van der Waals surface area (Å²) < 4.78 is 0. The summed E-state index contributed by atoms with van der Waals surface area (Å²) in [4.78, 5) is 27.9. The second-order valence-corrected chi connectivity index (χ2v) is 6.68. The van der Waals surface area contributed by atoms with Crippen LogP contribution in [0.5, 0.6) is 0 Å². The number of aromatic nitrogens is 1. The lowest BCUT2D eigenvalue weighted by Crippen LogP contribution is -2.09. The van der Waals surface area contributed by atoms with Crippen molar-refractivity contribution in [2.45, 2.75) is 0 Å². The largest absolute Gasteiger partial charge is 0.317 e. The third-order valence-electron chi connectivity index (χ3n) is 3.42. The van der Waals surface area contributed by atoms with Gasteiger partial charge in [-0.2, -0.15) is 0 Å². The Morgan fingerprint density at radius 2 is 2.04 bits per heavy atom. The van der Waals surface area contributed by atoms with E-state index in [1.807, 2.05) is 36.4 Å². The maximum absolute atomic E-state index is 12.0. The molecule has 1 amide bonds. The van der Waals surface area contributed by atoms with Gasteiger partial charge in [-0.1, -0.05) is 29.8 Å². The number of pyridine rings is 1. The minimum absolute atomic E-state index is 0.0996. The Balaban J connectivity index is 1.72. The van der Waals surface area contributed by atoms with Gasteiger partial charge in [-0.3, -0.25) is 19.9 Å². The highest BCUT2D eigenvalue weighted by molar-refractivity contribution is 7.16. The number of halogens is 1. The van der Waals surface area contributed by atoms with Gasteiger partial charge in [-0.25, -0.2) is 0 Å². The number of nitrogens with zero attached hydrogens (tertiary/aromatic N) is 2. The van der Waals surface area contributed by atoms with E-state index in [0.29, 0.717) is 5.02 Å². The minimum atomic E-state index is -0.596. The van der Waals surface area contributed by atoms with Crippen LogP contribution in [0.1, 0.15) is 4.88 Å². The zero-order valence-corrected chi connectivity index (χ0v) is 14.8. The van der Waals surface area contributed by atoms with E-state index in [1.165, 1.54) is 29.7 Å². The first-order valence-corrected chi connectivity index (χ1v) is 8.66. The van der Waals surface area contributed by atoms with Crippen LogP contribution >= 0.6 is 22.9 Å². The molecule has 0 atom stereocenters. The van der Waals surface area contributed by atoms with Crippen LogP contribution in [-0.4, -0.2) is 15.8 Å². The monoisotopic (exact) mass is 385 g/mol. The highest BCUT2D eigenvalue weighted by Gasteiger charge is 2.14. The van der Waals surface area contributed by atoms with Crippen molar-refractivity contribution in [3.05, 3.63) is 80.9 Å². The number of carbonyl (C=O) groups is 1. The summed E-state index contributed by atoms with van der Waals surface area (Å²) in [5.74, 6) is -0.466. The molecule has 0 aliphatic carbocycles. The Hall–Kier alpha value is -3.03. The van der Waals surface area contributed by atoms with Gasteiger partial charge in [0.2, 0.25) is 5.91 Å². The quantitative estimate of drug-likeness (QED) is 0.379. The molecule has 8 heteroatoms. The molecule has 130 valence electrons. The zero-order chi connectivity index (χ0) is 18.5. The first-order chi connectivity index (χ1) is 12.5. The van der Waals surface area contributed by atoms with Crippen molar-refractivity contribution in [3.63, 3.8) is 0 Å². The number of hydrogen-bond donors (Lipinski definition) is 1. The van der Waals surface area contributed by atoms with E-state index in [0.717, 1.165) is 21.5 Å². The van der Waals surface area contributed by atoms with Gasteiger partial charge in [0.15, 0.2) is 0 Å². The lowest BCUT2D eigenvalue weighted by atomic mass is 10.2. The number of anilines is 1. The molecular formula is C18H12ClN3O3S. The van der Waals surface area contributed by atoms with E-state index in [-0.39, 0.29) is 11.4 Å². The van der Waals surface area contributed by atoms with E-state index in [2.05, 4.69) is 10.3 Å². The second-order valence-electron chi connectivity index (χ2n) is 5.15. The Labute approximate surface area is 157 Å². The minimum Gasteiger partial charge on any atom is -0.317 e. The van der Waals surface area contributed by atoms with Gasteiger partial charge in [-0.05, 0) is 30.3 Å². The topological polar surface area (TPSA) is 85.1 Å². The van der Waals surface area contributed by atoms with Crippen molar-refractivity contribution >= 4 is 46.3 Å². The van der Waals surface area contributed by atoms with Gasteiger partial charge in [0.25, 0.3) is 0 Å². The highest BCUT2D eigenvalue weighted by atomic mass is 35.5. The molecule has 2 aromatic heterocycles. The number of carbonyl (C=O) groups excluding carboxylic acids is 1. The molecule has 3 aromatic rings. The summed E-state index contributed by atoms with van der Waals surface area (Å²) in [7, 11) is 0. The number of nitro groups is 1. The fourth-order valence-electron chi connectivity index (χ4n) is 2.22. The van der Waals surface area contributed by atoms with E-state index < -0.39 is 10.8 Å². The molecule has 1 aromatic carbocycles. The predicted molar refractivity (Wildman–Crippen MR) is 103 cm³/mol. The van der Waals surface area contributed by atoms with Gasteiger partial charge in [0.05, 0.1) is 4.92 Å². The predicted octanol–water partition coefficient (Wildman–Crippen LogP) is 5.02. The maximum Gasteiger partial charge on any atom is 0.310 e. The van der Waals surface area contributed by atoms with Gasteiger partial charge in [0, 0.05) is 32.6 Å². The third kappa shape index (κ3) is 4.14. The van der Waals surface area contributed by atoms with E-state index in [1.54, 1.807) is 6.08 Å². The van der Waals surface area contributed by atoms with Crippen molar-refractivity contribution in [1.82, 2.24) is 4.98 Å². The first kappa shape index (κ1) is 17.8. The van der Waals surface area contributed by atoms with Crippen LogP contribution in [-0.2, 0) is 4.79 Å². The summed E-state index contributed by atoms with van der Waals surface area (Å²) in [5, 5.41) is 14.1. The normalized spacial score (nSPS) is 10.8. The third-order valence-corrected chi connectivity index (χ3v) is 4.83. The van der Waals surface area contributed by atoms with Crippen LogP contribution in [0.4, 0.5) is 11.4 Å². The number of rotatable bonds is 5. The molecule has 0 radical (unpaired) electrons. The second kappa shape index (κ2) is 7.90. The fraction of sp³-hybridized carbons (Fsp3) is 0. The molecule has 0 aliphatic heterocycles. The summed E-state index contributed by atoms with van der Waals surface area (Å²) >= 11 is 7.68. The standard InChI is InChI=1S/C18H12ClN3O3S/c19-14-4-2-1-3-13(14)17-7-5-12(26-17)6-8-18(23)21-15-9-10-20-11-16(15)22(24)25/h1-11H,(H,20,21,23)/b8-6+. The summed E-state index contributed by atoms with van der Waals surface area (Å²) in [6.45, 7) is 0.